The molecule has 156 valence electrons. The third-order valence-electron chi connectivity index (χ3n) is 5.78. The van der Waals surface area contributed by atoms with Gasteiger partial charge in [-0.15, -0.1) is 0 Å². The number of carbonyl (C=O) groups excluding carboxylic acids is 2. The average Bonchev–Trinajstić information content (AvgIpc) is 3.01. The number of Topliss-reactive ketones (excluding diaryl/α,β-unsaturated/α-hetero) is 1. The molecule has 5 heteroatoms. The minimum Gasteiger partial charge on any atom is -0.507 e. The Morgan fingerprint density at radius 1 is 0.968 bits per heavy atom. The van der Waals surface area contributed by atoms with Gasteiger partial charge in [0, 0.05) is 24.5 Å². The lowest BCUT2D eigenvalue weighted by atomic mass is 9.93. The zero-order valence-corrected chi connectivity index (χ0v) is 17.8. The van der Waals surface area contributed by atoms with Gasteiger partial charge in [0.1, 0.15) is 5.76 Å². The Morgan fingerprint density at radius 3 is 2.39 bits per heavy atom. The summed E-state index contributed by atoms with van der Waals surface area (Å²) in [5.41, 5.74) is 5.40. The second-order valence-electron chi connectivity index (χ2n) is 8.00. The quantitative estimate of drug-likeness (QED) is 0.385. The molecule has 1 atom stereocenters. The molecule has 1 aliphatic heterocycles. The number of likely N-dealkylation sites (tertiary alicyclic amines) is 1. The fraction of sp³-hybridized carbons (Fsp3) is 0.192. The maximum atomic E-state index is 13.1. The number of aryl methyl sites for hydroxylation is 3. The highest BCUT2D eigenvalue weighted by atomic mass is 16.3. The van der Waals surface area contributed by atoms with E-state index in [-0.39, 0.29) is 17.9 Å². The van der Waals surface area contributed by atoms with Gasteiger partial charge < -0.3 is 10.0 Å². The van der Waals surface area contributed by atoms with Crippen molar-refractivity contribution in [3.8, 4) is 0 Å². The van der Waals surface area contributed by atoms with Crippen LogP contribution in [-0.4, -0.2) is 26.7 Å². The van der Waals surface area contributed by atoms with Crippen LogP contribution in [0.5, 0.6) is 0 Å². The minimum absolute atomic E-state index is 0.118. The maximum absolute atomic E-state index is 13.1. The molecule has 1 N–H and O–H groups in total. The molecule has 31 heavy (non-hydrogen) atoms. The number of hydrogen-bond donors (Lipinski definition) is 1. The highest BCUT2D eigenvalue weighted by Crippen LogP contribution is 2.40. The molecule has 1 aromatic heterocycles. The van der Waals surface area contributed by atoms with Gasteiger partial charge in [0.15, 0.2) is 0 Å². The van der Waals surface area contributed by atoms with Crippen LogP contribution < -0.4 is 0 Å². The molecule has 0 bridgehead atoms. The van der Waals surface area contributed by atoms with Crippen molar-refractivity contribution in [3.63, 3.8) is 0 Å². The van der Waals surface area contributed by atoms with Crippen molar-refractivity contribution in [2.45, 2.75) is 33.4 Å². The fourth-order valence-electron chi connectivity index (χ4n) is 3.96. The summed E-state index contributed by atoms with van der Waals surface area (Å²) >= 11 is 0. The van der Waals surface area contributed by atoms with E-state index < -0.39 is 17.7 Å². The molecule has 4 rings (SSSR count). The number of benzene rings is 2. The lowest BCUT2D eigenvalue weighted by Gasteiger charge is -2.25. The zero-order chi connectivity index (χ0) is 22.1. The van der Waals surface area contributed by atoms with Crippen LogP contribution in [0, 0.1) is 20.8 Å². The second-order valence-corrected chi connectivity index (χ2v) is 8.00. The van der Waals surface area contributed by atoms with E-state index in [1.165, 1.54) is 4.90 Å². The third kappa shape index (κ3) is 3.87. The van der Waals surface area contributed by atoms with Crippen LogP contribution in [0.4, 0.5) is 0 Å². The van der Waals surface area contributed by atoms with Crippen LogP contribution in [0.25, 0.3) is 5.76 Å². The molecular formula is C26H24N2O3. The number of hydrogen-bond acceptors (Lipinski definition) is 4. The molecule has 0 spiro atoms. The summed E-state index contributed by atoms with van der Waals surface area (Å²) in [6.07, 6.45) is 3.31. The van der Waals surface area contributed by atoms with Crippen LogP contribution in [0.3, 0.4) is 0 Å². The molecule has 1 amide bonds. The van der Waals surface area contributed by atoms with E-state index >= 15 is 0 Å². The summed E-state index contributed by atoms with van der Waals surface area (Å²) in [4.78, 5) is 31.7. The van der Waals surface area contributed by atoms with Gasteiger partial charge in [-0.1, -0.05) is 42.0 Å². The largest absolute Gasteiger partial charge is 0.507 e. The summed E-state index contributed by atoms with van der Waals surface area (Å²) in [6, 6.07) is 16.2. The Kier molecular flexibility index (Phi) is 5.42. The average molecular weight is 412 g/mol. The fourth-order valence-corrected chi connectivity index (χ4v) is 3.96. The van der Waals surface area contributed by atoms with Gasteiger partial charge in [-0.05, 0) is 61.2 Å². The Morgan fingerprint density at radius 2 is 1.71 bits per heavy atom. The van der Waals surface area contributed by atoms with E-state index in [1.807, 2.05) is 69.3 Å². The number of ketones is 1. The first-order valence-corrected chi connectivity index (χ1v) is 10.2. The summed E-state index contributed by atoms with van der Waals surface area (Å²) in [7, 11) is 0. The smallest absolute Gasteiger partial charge is 0.295 e. The molecule has 3 aromatic rings. The van der Waals surface area contributed by atoms with Crippen molar-refractivity contribution in [2.24, 2.45) is 0 Å². The summed E-state index contributed by atoms with van der Waals surface area (Å²) in [5.74, 6) is -1.44. The topological polar surface area (TPSA) is 70.5 Å². The molecule has 2 heterocycles. The second kappa shape index (κ2) is 8.19. The van der Waals surface area contributed by atoms with E-state index in [1.54, 1.807) is 18.5 Å². The lowest BCUT2D eigenvalue weighted by Crippen LogP contribution is -2.29. The highest BCUT2D eigenvalue weighted by Gasteiger charge is 2.46. The number of rotatable bonds is 4. The molecule has 1 fully saturated rings. The van der Waals surface area contributed by atoms with Gasteiger partial charge >= 0.3 is 0 Å². The monoisotopic (exact) mass is 412 g/mol. The van der Waals surface area contributed by atoms with Gasteiger partial charge in [0.05, 0.1) is 11.6 Å². The molecular weight excluding hydrogens is 388 g/mol. The zero-order valence-electron chi connectivity index (χ0n) is 17.8. The number of aliphatic hydroxyl groups is 1. The van der Waals surface area contributed by atoms with Crippen LogP contribution in [0.1, 0.15) is 39.4 Å². The number of pyridine rings is 1. The van der Waals surface area contributed by atoms with Crippen LogP contribution in [-0.2, 0) is 16.1 Å². The number of nitrogens with zero attached hydrogens (tertiary/aromatic N) is 2. The molecule has 0 radical (unpaired) electrons. The highest BCUT2D eigenvalue weighted by molar-refractivity contribution is 6.46. The summed E-state index contributed by atoms with van der Waals surface area (Å²) in [6.45, 7) is 6.14. The van der Waals surface area contributed by atoms with Gasteiger partial charge in [-0.3, -0.25) is 14.6 Å². The first kappa shape index (κ1) is 20.5. The van der Waals surface area contributed by atoms with E-state index in [9.17, 15) is 14.7 Å². The predicted molar refractivity (Wildman–Crippen MR) is 119 cm³/mol. The molecule has 1 unspecified atom stereocenters. The van der Waals surface area contributed by atoms with E-state index in [4.69, 9.17) is 0 Å². The van der Waals surface area contributed by atoms with E-state index in [0.29, 0.717) is 5.56 Å². The Labute approximate surface area is 181 Å². The van der Waals surface area contributed by atoms with Crippen LogP contribution in [0.2, 0.25) is 0 Å². The van der Waals surface area contributed by atoms with E-state index in [0.717, 1.165) is 27.8 Å². The molecule has 0 aliphatic carbocycles. The Hall–Kier alpha value is -3.73. The van der Waals surface area contributed by atoms with Crippen molar-refractivity contribution >= 4 is 17.4 Å². The molecule has 0 saturated carbocycles. The third-order valence-corrected chi connectivity index (χ3v) is 5.78. The number of aliphatic hydroxyl groups excluding tert-OH is 1. The normalized spacial score (nSPS) is 17.9. The Bertz CT molecular complexity index is 1200. The van der Waals surface area contributed by atoms with Crippen molar-refractivity contribution < 1.29 is 14.7 Å². The number of carbonyl (C=O) groups is 2. The SMILES string of the molecule is Cc1cccc(C2/C(=C(/O)c3ccc(C)c(C)c3)C(=O)C(=O)N2Cc2ccncc2)c1. The van der Waals surface area contributed by atoms with Gasteiger partial charge in [0.25, 0.3) is 11.7 Å². The molecule has 5 nitrogen and oxygen atoms in total. The van der Waals surface area contributed by atoms with Crippen molar-refractivity contribution in [1.29, 1.82) is 0 Å². The minimum atomic E-state index is -0.672. The summed E-state index contributed by atoms with van der Waals surface area (Å²) < 4.78 is 0. The lowest BCUT2D eigenvalue weighted by molar-refractivity contribution is -0.140. The number of aromatic nitrogens is 1. The maximum Gasteiger partial charge on any atom is 0.295 e. The van der Waals surface area contributed by atoms with Gasteiger partial charge in [-0.25, -0.2) is 0 Å². The molecule has 2 aromatic carbocycles. The predicted octanol–water partition coefficient (Wildman–Crippen LogP) is 4.63. The Balaban J connectivity index is 1.88. The van der Waals surface area contributed by atoms with E-state index in [2.05, 4.69) is 4.98 Å². The first-order valence-electron chi connectivity index (χ1n) is 10.2. The van der Waals surface area contributed by atoms with Crippen molar-refractivity contribution in [2.75, 3.05) is 0 Å². The van der Waals surface area contributed by atoms with Crippen molar-refractivity contribution in [1.82, 2.24) is 9.88 Å². The van der Waals surface area contributed by atoms with Crippen molar-refractivity contribution in [3.05, 3.63) is 106 Å². The van der Waals surface area contributed by atoms with Gasteiger partial charge in [-0.2, -0.15) is 0 Å². The molecule has 1 saturated heterocycles. The van der Waals surface area contributed by atoms with Gasteiger partial charge in [0.2, 0.25) is 0 Å². The first-order chi connectivity index (χ1) is 14.9. The molecule has 1 aliphatic rings. The standard InChI is InChI=1S/C26H24N2O3/c1-16-5-4-6-20(13-16)23-22(24(29)21-8-7-17(2)18(3)14-21)25(30)26(31)28(23)15-19-9-11-27-12-10-19/h4-14,23,29H,15H2,1-3H3/b24-22-. The number of amides is 1. The summed E-state index contributed by atoms with van der Waals surface area (Å²) in [5, 5.41) is 11.2. The van der Waals surface area contributed by atoms with Crippen LogP contribution in [0.15, 0.2) is 72.6 Å². The van der Waals surface area contributed by atoms with Crippen LogP contribution >= 0.6 is 0 Å².